The fourth-order valence-electron chi connectivity index (χ4n) is 4.55. The molecule has 8 nitrogen and oxygen atoms in total. The van der Waals surface area contributed by atoms with Gasteiger partial charge in [0.05, 0.1) is 18.1 Å². The number of carbonyl (C=O) groups excluding carboxylic acids is 2. The van der Waals surface area contributed by atoms with E-state index < -0.39 is 10.0 Å². The fraction of sp³-hybridized carbons (Fsp3) is 0.636. The molecule has 170 valence electrons. The van der Waals surface area contributed by atoms with Crippen molar-refractivity contribution in [1.82, 2.24) is 9.21 Å². The molecule has 0 unspecified atom stereocenters. The molecular formula is C22H31N3O5S. The van der Waals surface area contributed by atoms with Gasteiger partial charge in [-0.2, -0.15) is 4.31 Å². The molecule has 0 atom stereocenters. The van der Waals surface area contributed by atoms with Crippen LogP contribution < -0.4 is 4.90 Å². The largest absolute Gasteiger partial charge is 0.378 e. The van der Waals surface area contributed by atoms with E-state index in [0.29, 0.717) is 57.3 Å². The maximum Gasteiger partial charge on any atom is 0.243 e. The molecule has 1 aromatic carbocycles. The van der Waals surface area contributed by atoms with Crippen LogP contribution in [0.15, 0.2) is 23.1 Å². The third kappa shape index (κ3) is 4.94. The Morgan fingerprint density at radius 3 is 2.26 bits per heavy atom. The van der Waals surface area contributed by atoms with Gasteiger partial charge in [0.25, 0.3) is 0 Å². The molecule has 1 aromatic rings. The van der Waals surface area contributed by atoms with Gasteiger partial charge in [0.2, 0.25) is 21.8 Å². The monoisotopic (exact) mass is 449 g/mol. The van der Waals surface area contributed by atoms with Gasteiger partial charge in [-0.3, -0.25) is 9.59 Å². The van der Waals surface area contributed by atoms with Gasteiger partial charge in [-0.1, -0.05) is 12.8 Å². The standard InChI is InChI=1S/C22H31N3O5S/c26-21(23-13-15-30-16-14-23)7-8-22(27)25-12-9-18-17-19(5-6-20(18)25)31(28,29)24-10-3-1-2-4-11-24/h5-6,17H,1-4,7-16H2. The van der Waals surface area contributed by atoms with Gasteiger partial charge < -0.3 is 14.5 Å². The number of amides is 2. The lowest BCUT2D eigenvalue weighted by Crippen LogP contribution is -2.41. The van der Waals surface area contributed by atoms with Crippen molar-refractivity contribution in [2.75, 3.05) is 50.8 Å². The zero-order valence-corrected chi connectivity index (χ0v) is 18.7. The van der Waals surface area contributed by atoms with Gasteiger partial charge in [-0.05, 0) is 43.0 Å². The van der Waals surface area contributed by atoms with Crippen molar-refractivity contribution in [2.24, 2.45) is 0 Å². The number of hydrogen-bond acceptors (Lipinski definition) is 5. The minimum Gasteiger partial charge on any atom is -0.378 e. The first kappa shape index (κ1) is 22.2. The predicted octanol–water partition coefficient (Wildman–Crippen LogP) is 1.78. The number of nitrogens with zero attached hydrogens (tertiary/aromatic N) is 3. The molecule has 4 rings (SSSR count). The Labute approximate surface area is 184 Å². The molecule has 2 saturated heterocycles. The maximum absolute atomic E-state index is 13.1. The maximum atomic E-state index is 13.1. The van der Waals surface area contributed by atoms with Gasteiger partial charge in [0.15, 0.2) is 0 Å². The third-order valence-corrected chi connectivity index (χ3v) is 8.26. The molecule has 9 heteroatoms. The topological polar surface area (TPSA) is 87.2 Å². The second-order valence-corrected chi connectivity index (χ2v) is 10.3. The van der Waals surface area contributed by atoms with Gasteiger partial charge in [0, 0.05) is 51.3 Å². The number of hydrogen-bond donors (Lipinski definition) is 0. The predicted molar refractivity (Wildman–Crippen MR) is 116 cm³/mol. The van der Waals surface area contributed by atoms with E-state index in [1.54, 1.807) is 32.3 Å². The highest BCUT2D eigenvalue weighted by molar-refractivity contribution is 7.89. The Bertz CT molecular complexity index is 919. The van der Waals surface area contributed by atoms with Crippen LogP contribution in [0.4, 0.5) is 5.69 Å². The smallest absolute Gasteiger partial charge is 0.243 e. The minimum atomic E-state index is -3.51. The number of carbonyl (C=O) groups is 2. The van der Waals surface area contributed by atoms with Crippen molar-refractivity contribution in [2.45, 2.75) is 49.8 Å². The van der Waals surface area contributed by atoms with E-state index >= 15 is 0 Å². The van der Waals surface area contributed by atoms with Crippen LogP contribution in [0.1, 0.15) is 44.1 Å². The average molecular weight is 450 g/mol. The van der Waals surface area contributed by atoms with Crippen molar-refractivity contribution < 1.29 is 22.7 Å². The summed E-state index contributed by atoms with van der Waals surface area (Å²) in [4.78, 5) is 28.8. The number of fused-ring (bicyclic) bond motifs is 1. The molecule has 3 heterocycles. The van der Waals surface area contributed by atoms with E-state index in [1.807, 2.05) is 0 Å². The molecule has 0 aromatic heterocycles. The quantitative estimate of drug-likeness (QED) is 0.684. The van der Waals surface area contributed by atoms with Crippen LogP contribution in [-0.2, 0) is 30.8 Å². The van der Waals surface area contributed by atoms with Crippen LogP contribution >= 0.6 is 0 Å². The van der Waals surface area contributed by atoms with Crippen LogP contribution in [0.3, 0.4) is 0 Å². The number of ether oxygens (including phenoxy) is 1. The second-order valence-electron chi connectivity index (χ2n) is 8.40. The summed E-state index contributed by atoms with van der Waals surface area (Å²) in [6, 6.07) is 5.08. The van der Waals surface area contributed by atoms with Crippen molar-refractivity contribution in [3.05, 3.63) is 23.8 Å². The first-order chi connectivity index (χ1) is 15.0. The first-order valence-electron chi connectivity index (χ1n) is 11.3. The lowest BCUT2D eigenvalue weighted by molar-refractivity contribution is -0.136. The van der Waals surface area contributed by atoms with Gasteiger partial charge in [-0.25, -0.2) is 8.42 Å². The molecule has 0 saturated carbocycles. The van der Waals surface area contributed by atoms with Crippen LogP contribution in [-0.4, -0.2) is 75.4 Å². The Morgan fingerprint density at radius 1 is 0.871 bits per heavy atom. The normalized spacial score (nSPS) is 20.4. The Hall–Kier alpha value is -1.97. The molecule has 31 heavy (non-hydrogen) atoms. The van der Waals surface area contributed by atoms with Crippen molar-refractivity contribution in [3.8, 4) is 0 Å². The summed E-state index contributed by atoms with van der Waals surface area (Å²) < 4.78 is 33.0. The Balaban J connectivity index is 1.40. The Morgan fingerprint density at radius 2 is 1.55 bits per heavy atom. The summed E-state index contributed by atoms with van der Waals surface area (Å²) in [6.07, 6.45) is 4.91. The highest BCUT2D eigenvalue weighted by Gasteiger charge is 2.30. The fourth-order valence-corrected chi connectivity index (χ4v) is 6.12. The number of sulfonamides is 1. The highest BCUT2D eigenvalue weighted by Crippen LogP contribution is 2.32. The van der Waals surface area contributed by atoms with E-state index in [-0.39, 0.29) is 24.7 Å². The highest BCUT2D eigenvalue weighted by atomic mass is 32.2. The molecular weight excluding hydrogens is 418 g/mol. The van der Waals surface area contributed by atoms with E-state index in [4.69, 9.17) is 4.74 Å². The molecule has 0 aliphatic carbocycles. The number of benzene rings is 1. The minimum absolute atomic E-state index is 0.0186. The summed E-state index contributed by atoms with van der Waals surface area (Å²) >= 11 is 0. The van der Waals surface area contributed by atoms with Crippen molar-refractivity contribution in [3.63, 3.8) is 0 Å². The van der Waals surface area contributed by atoms with E-state index in [2.05, 4.69) is 0 Å². The SMILES string of the molecule is O=C(CCC(=O)N1CCc2cc(S(=O)(=O)N3CCCCCC3)ccc21)N1CCOCC1. The molecule has 3 aliphatic rings. The summed E-state index contributed by atoms with van der Waals surface area (Å²) in [5.41, 5.74) is 1.64. The van der Waals surface area contributed by atoms with Crippen LogP contribution in [0.2, 0.25) is 0 Å². The molecule has 3 aliphatic heterocycles. The van der Waals surface area contributed by atoms with Crippen LogP contribution in [0.25, 0.3) is 0 Å². The summed E-state index contributed by atoms with van der Waals surface area (Å²) in [5, 5.41) is 0. The van der Waals surface area contributed by atoms with Crippen molar-refractivity contribution in [1.29, 1.82) is 0 Å². The summed E-state index contributed by atoms with van der Waals surface area (Å²) in [5.74, 6) is -0.113. The Kier molecular flexibility index (Phi) is 6.93. The first-order valence-corrected chi connectivity index (χ1v) is 12.7. The van der Waals surface area contributed by atoms with E-state index in [1.165, 1.54) is 0 Å². The van der Waals surface area contributed by atoms with Gasteiger partial charge in [-0.15, -0.1) is 0 Å². The molecule has 0 bridgehead atoms. The second kappa shape index (κ2) is 9.67. The molecule has 2 fully saturated rings. The number of rotatable bonds is 5. The van der Waals surface area contributed by atoms with E-state index in [0.717, 1.165) is 36.9 Å². The molecule has 0 spiro atoms. The molecule has 2 amide bonds. The van der Waals surface area contributed by atoms with Crippen LogP contribution in [0, 0.1) is 0 Å². The van der Waals surface area contributed by atoms with Crippen LogP contribution in [0.5, 0.6) is 0 Å². The zero-order valence-electron chi connectivity index (χ0n) is 17.9. The van der Waals surface area contributed by atoms with E-state index in [9.17, 15) is 18.0 Å². The average Bonchev–Trinajstić information content (AvgIpc) is 3.01. The molecule has 0 N–H and O–H groups in total. The summed E-state index contributed by atoms with van der Waals surface area (Å²) in [7, 11) is -3.51. The molecule has 0 radical (unpaired) electrons. The lowest BCUT2D eigenvalue weighted by Gasteiger charge is -2.27. The zero-order chi connectivity index (χ0) is 21.8. The third-order valence-electron chi connectivity index (χ3n) is 6.37. The van der Waals surface area contributed by atoms with Gasteiger partial charge in [0.1, 0.15) is 0 Å². The van der Waals surface area contributed by atoms with Crippen molar-refractivity contribution >= 4 is 27.5 Å². The number of morpholine rings is 1. The summed E-state index contributed by atoms with van der Waals surface area (Å²) in [6.45, 7) is 3.90. The lowest BCUT2D eigenvalue weighted by atomic mass is 10.2. The number of anilines is 1. The van der Waals surface area contributed by atoms with Gasteiger partial charge >= 0.3 is 0 Å².